The summed E-state index contributed by atoms with van der Waals surface area (Å²) in [5.74, 6) is -0.0434. The standard InChI is InChI=1S/C15H27NO4S/c1-11(2)8-21(18,19)7-6-12(17)16-15-9-14(5,10-15)20-13(15,3)4/h11H,6-10H2,1-5H3,(H,16,17). The number of amides is 1. The topological polar surface area (TPSA) is 72.5 Å². The van der Waals surface area contributed by atoms with Crippen molar-refractivity contribution in [3.63, 3.8) is 0 Å². The highest BCUT2D eigenvalue weighted by Crippen LogP contribution is 2.60. The SMILES string of the molecule is CC(C)CS(=O)(=O)CCC(=O)NC12CC(C)(C1)OC2(C)C. The van der Waals surface area contributed by atoms with Crippen LogP contribution >= 0.6 is 0 Å². The van der Waals surface area contributed by atoms with E-state index in [0.29, 0.717) is 0 Å². The molecule has 0 radical (unpaired) electrons. The largest absolute Gasteiger partial charge is 0.367 e. The lowest BCUT2D eigenvalue weighted by atomic mass is 9.63. The molecule has 3 aliphatic rings. The number of ether oxygens (including phenoxy) is 1. The Morgan fingerprint density at radius 2 is 1.81 bits per heavy atom. The second-order valence-electron chi connectivity index (χ2n) is 7.80. The van der Waals surface area contributed by atoms with Crippen LogP contribution < -0.4 is 5.32 Å². The number of sulfone groups is 1. The average Bonchev–Trinajstić information content (AvgIpc) is 2.51. The van der Waals surface area contributed by atoms with Crippen LogP contribution in [0, 0.1) is 5.92 Å². The van der Waals surface area contributed by atoms with Gasteiger partial charge in [-0.25, -0.2) is 8.42 Å². The number of carbonyl (C=O) groups excluding carboxylic acids is 1. The third-order valence-electron chi connectivity index (χ3n) is 4.61. The fourth-order valence-electron chi connectivity index (χ4n) is 3.84. The molecule has 0 spiro atoms. The van der Waals surface area contributed by atoms with Crippen molar-refractivity contribution in [2.45, 2.75) is 70.6 Å². The van der Waals surface area contributed by atoms with E-state index in [1.807, 2.05) is 27.7 Å². The summed E-state index contributed by atoms with van der Waals surface area (Å²) < 4.78 is 29.7. The normalized spacial score (nSPS) is 33.8. The van der Waals surface area contributed by atoms with E-state index in [1.54, 1.807) is 0 Å². The van der Waals surface area contributed by atoms with Gasteiger partial charge in [0, 0.05) is 19.3 Å². The summed E-state index contributed by atoms with van der Waals surface area (Å²) >= 11 is 0. The van der Waals surface area contributed by atoms with Crippen LogP contribution in [-0.2, 0) is 19.4 Å². The van der Waals surface area contributed by atoms with Crippen LogP contribution in [0.3, 0.4) is 0 Å². The highest BCUT2D eigenvalue weighted by atomic mass is 32.2. The van der Waals surface area contributed by atoms with E-state index in [-0.39, 0.29) is 40.9 Å². The fraction of sp³-hybridized carbons (Fsp3) is 0.933. The van der Waals surface area contributed by atoms with Gasteiger partial charge >= 0.3 is 0 Å². The molecule has 21 heavy (non-hydrogen) atoms. The molecule has 3 fully saturated rings. The van der Waals surface area contributed by atoms with Gasteiger partial charge < -0.3 is 10.1 Å². The molecule has 3 rings (SSSR count). The van der Waals surface area contributed by atoms with Crippen molar-refractivity contribution in [2.24, 2.45) is 5.92 Å². The van der Waals surface area contributed by atoms with Gasteiger partial charge in [-0.15, -0.1) is 0 Å². The second-order valence-corrected chi connectivity index (χ2v) is 10.0. The van der Waals surface area contributed by atoms with E-state index in [9.17, 15) is 13.2 Å². The maximum atomic E-state index is 12.1. The lowest BCUT2D eigenvalue weighted by molar-refractivity contribution is -0.124. The number of hydrogen-bond acceptors (Lipinski definition) is 4. The van der Waals surface area contributed by atoms with Gasteiger partial charge in [0.2, 0.25) is 5.91 Å². The van der Waals surface area contributed by atoms with E-state index in [2.05, 4.69) is 12.2 Å². The number of hydrogen-bond donors (Lipinski definition) is 1. The first-order chi connectivity index (χ1) is 9.39. The van der Waals surface area contributed by atoms with Gasteiger partial charge in [-0.1, -0.05) is 13.8 Å². The maximum absolute atomic E-state index is 12.1. The van der Waals surface area contributed by atoms with E-state index >= 15 is 0 Å². The van der Waals surface area contributed by atoms with Crippen LogP contribution in [0.15, 0.2) is 0 Å². The molecule has 0 atom stereocenters. The highest BCUT2D eigenvalue weighted by Gasteiger charge is 2.70. The van der Waals surface area contributed by atoms with Gasteiger partial charge in [-0.05, 0) is 26.7 Å². The molecule has 1 aliphatic carbocycles. The van der Waals surface area contributed by atoms with E-state index in [4.69, 9.17) is 4.74 Å². The number of nitrogens with one attached hydrogen (secondary N) is 1. The molecule has 2 saturated heterocycles. The summed E-state index contributed by atoms with van der Waals surface area (Å²) in [6, 6.07) is 0. The van der Waals surface area contributed by atoms with Crippen molar-refractivity contribution in [1.82, 2.24) is 5.32 Å². The summed E-state index contributed by atoms with van der Waals surface area (Å²) in [5, 5.41) is 3.03. The maximum Gasteiger partial charge on any atom is 0.221 e. The Kier molecular flexibility index (Phi) is 3.94. The molecule has 122 valence electrons. The number of rotatable bonds is 6. The van der Waals surface area contributed by atoms with Crippen LogP contribution in [0.5, 0.6) is 0 Å². The van der Waals surface area contributed by atoms with Crippen molar-refractivity contribution in [3.8, 4) is 0 Å². The Morgan fingerprint density at radius 3 is 2.24 bits per heavy atom. The first-order valence-corrected chi connectivity index (χ1v) is 9.43. The molecular weight excluding hydrogens is 290 g/mol. The van der Waals surface area contributed by atoms with Crippen LogP contribution in [0.1, 0.15) is 53.9 Å². The second kappa shape index (κ2) is 4.95. The molecule has 0 aromatic heterocycles. The number of carbonyl (C=O) groups is 1. The Hall–Kier alpha value is -0.620. The molecule has 1 saturated carbocycles. The van der Waals surface area contributed by atoms with Crippen LogP contribution in [0.25, 0.3) is 0 Å². The lowest BCUT2D eigenvalue weighted by Crippen LogP contribution is -2.64. The Labute approximate surface area is 127 Å². The quantitative estimate of drug-likeness (QED) is 0.809. The molecule has 2 heterocycles. The average molecular weight is 317 g/mol. The summed E-state index contributed by atoms with van der Waals surface area (Å²) in [5.41, 5.74) is -0.866. The Morgan fingerprint density at radius 1 is 1.24 bits per heavy atom. The van der Waals surface area contributed by atoms with Crippen molar-refractivity contribution in [3.05, 3.63) is 0 Å². The highest BCUT2D eigenvalue weighted by molar-refractivity contribution is 7.91. The van der Waals surface area contributed by atoms with Crippen molar-refractivity contribution >= 4 is 15.7 Å². The van der Waals surface area contributed by atoms with Gasteiger partial charge in [0.1, 0.15) is 0 Å². The predicted octanol–water partition coefficient (Wildman–Crippen LogP) is 1.66. The molecule has 2 bridgehead atoms. The van der Waals surface area contributed by atoms with Gasteiger partial charge in [-0.3, -0.25) is 4.79 Å². The summed E-state index contributed by atoms with van der Waals surface area (Å²) in [7, 11) is -3.15. The monoisotopic (exact) mass is 317 g/mol. The van der Waals surface area contributed by atoms with Crippen molar-refractivity contribution < 1.29 is 17.9 Å². The number of fused-ring (bicyclic) bond motifs is 1. The van der Waals surface area contributed by atoms with Gasteiger partial charge in [0.05, 0.1) is 28.2 Å². The molecular formula is C15H27NO4S. The minimum Gasteiger partial charge on any atom is -0.367 e. The minimum atomic E-state index is -3.15. The molecule has 0 aromatic rings. The molecule has 2 aliphatic heterocycles. The summed E-state index contributed by atoms with van der Waals surface area (Å²) in [4.78, 5) is 12.1. The van der Waals surface area contributed by atoms with Crippen LogP contribution in [0.4, 0.5) is 0 Å². The van der Waals surface area contributed by atoms with E-state index in [1.165, 1.54) is 0 Å². The zero-order chi connectivity index (χ0) is 16.1. The van der Waals surface area contributed by atoms with E-state index < -0.39 is 15.4 Å². The van der Waals surface area contributed by atoms with Crippen molar-refractivity contribution in [1.29, 1.82) is 0 Å². The minimum absolute atomic E-state index is 0.0313. The fourth-order valence-corrected chi connectivity index (χ4v) is 5.52. The molecule has 0 aromatic carbocycles. The Bertz CT molecular complexity index is 530. The lowest BCUT2D eigenvalue weighted by Gasteiger charge is -2.46. The smallest absolute Gasteiger partial charge is 0.221 e. The van der Waals surface area contributed by atoms with E-state index in [0.717, 1.165) is 12.8 Å². The van der Waals surface area contributed by atoms with Crippen molar-refractivity contribution in [2.75, 3.05) is 11.5 Å². The zero-order valence-electron chi connectivity index (χ0n) is 13.7. The molecule has 1 amide bonds. The molecule has 0 unspecified atom stereocenters. The zero-order valence-corrected chi connectivity index (χ0v) is 14.5. The first kappa shape index (κ1) is 16.7. The van der Waals surface area contributed by atoms with Gasteiger partial charge in [0.15, 0.2) is 9.84 Å². The summed E-state index contributed by atoms with van der Waals surface area (Å²) in [6.07, 6.45) is 1.64. The van der Waals surface area contributed by atoms with Crippen LogP contribution in [0.2, 0.25) is 0 Å². The third-order valence-corrected chi connectivity index (χ3v) is 6.61. The molecule has 6 heteroatoms. The Balaban J connectivity index is 1.89. The first-order valence-electron chi connectivity index (χ1n) is 7.60. The molecule has 1 N–H and O–H groups in total. The van der Waals surface area contributed by atoms with Crippen LogP contribution in [-0.4, -0.2) is 42.6 Å². The summed E-state index contributed by atoms with van der Waals surface area (Å²) in [6.45, 7) is 9.76. The van der Waals surface area contributed by atoms with Gasteiger partial charge in [0.25, 0.3) is 0 Å². The van der Waals surface area contributed by atoms with Gasteiger partial charge in [-0.2, -0.15) is 0 Å². The third kappa shape index (κ3) is 3.26. The predicted molar refractivity (Wildman–Crippen MR) is 81.8 cm³/mol. The molecule has 5 nitrogen and oxygen atoms in total.